The number of nitrogens with one attached hydrogen (secondary N) is 2. The number of hydrogen-bond donors (Lipinski definition) is 4. The second kappa shape index (κ2) is 9.82. The van der Waals surface area contributed by atoms with Gasteiger partial charge >= 0.3 is 11.6 Å². The number of benzene rings is 2. The van der Waals surface area contributed by atoms with Gasteiger partial charge in [-0.3, -0.25) is 4.79 Å². The van der Waals surface area contributed by atoms with E-state index in [0.29, 0.717) is 28.5 Å². The number of aromatic hydroxyl groups is 1. The van der Waals surface area contributed by atoms with Crippen molar-refractivity contribution in [1.82, 2.24) is 10.3 Å². The SMILES string of the molecule is C[C@@H](Oc1cc2oc(=O)c3c(c2cc1Cl)CCCC3)C(=O)N[C@H](Cc1c[nH]c2ccc(O)cc12)C(=O)O. The highest BCUT2D eigenvalue weighted by atomic mass is 35.5. The van der Waals surface area contributed by atoms with Crippen molar-refractivity contribution in [2.45, 2.75) is 51.2 Å². The Kier molecular flexibility index (Phi) is 6.55. The molecule has 0 spiro atoms. The number of carboxylic acids is 1. The third-order valence-electron chi connectivity index (χ3n) is 6.74. The normalized spacial score (nSPS) is 14.8. The number of rotatable bonds is 7. The van der Waals surface area contributed by atoms with Crippen LogP contribution in [0.15, 0.2) is 45.7 Å². The minimum atomic E-state index is -1.24. The number of aliphatic carboxylic acids is 1. The minimum absolute atomic E-state index is 0.00968. The first-order valence-electron chi connectivity index (χ1n) is 12.0. The van der Waals surface area contributed by atoms with Gasteiger partial charge in [-0.15, -0.1) is 0 Å². The summed E-state index contributed by atoms with van der Waals surface area (Å²) in [4.78, 5) is 40.3. The van der Waals surface area contributed by atoms with Crippen molar-refractivity contribution in [3.05, 3.63) is 68.7 Å². The van der Waals surface area contributed by atoms with Gasteiger partial charge in [-0.1, -0.05) is 11.6 Å². The molecule has 0 unspecified atom stereocenters. The van der Waals surface area contributed by atoms with Gasteiger partial charge in [0.05, 0.1) is 5.02 Å². The van der Waals surface area contributed by atoms with Crippen molar-refractivity contribution in [2.24, 2.45) is 0 Å². The monoisotopic (exact) mass is 524 g/mol. The largest absolute Gasteiger partial charge is 0.508 e. The summed E-state index contributed by atoms with van der Waals surface area (Å²) in [5, 5.41) is 23.7. The number of halogens is 1. The molecule has 1 amide bonds. The van der Waals surface area contributed by atoms with Crippen LogP contribution in [0.25, 0.3) is 21.9 Å². The zero-order chi connectivity index (χ0) is 26.3. The molecule has 2 atom stereocenters. The summed E-state index contributed by atoms with van der Waals surface area (Å²) < 4.78 is 11.3. The van der Waals surface area contributed by atoms with Crippen LogP contribution in [0.5, 0.6) is 11.5 Å². The average molecular weight is 525 g/mol. The number of amides is 1. The molecule has 9 nitrogen and oxygen atoms in total. The second-order valence-electron chi connectivity index (χ2n) is 9.24. The van der Waals surface area contributed by atoms with Crippen LogP contribution in [0.4, 0.5) is 0 Å². The highest BCUT2D eigenvalue weighted by molar-refractivity contribution is 6.32. The molecular formula is C27H25ClN2O7. The number of aryl methyl sites for hydroxylation is 1. The third-order valence-corrected chi connectivity index (χ3v) is 7.03. The molecule has 5 rings (SSSR count). The van der Waals surface area contributed by atoms with Crippen molar-refractivity contribution in [1.29, 1.82) is 0 Å². The van der Waals surface area contributed by atoms with Crippen molar-refractivity contribution >= 4 is 45.3 Å². The maximum Gasteiger partial charge on any atom is 0.339 e. The van der Waals surface area contributed by atoms with E-state index in [1.165, 1.54) is 25.1 Å². The standard InChI is InChI=1S/C27H25ClN2O7/c1-13(25(32)30-22(26(33)34)8-14-12-29-21-7-6-15(31)9-18(14)21)36-24-11-23-19(10-20(24)28)16-4-2-3-5-17(16)27(35)37-23/h6-7,9-13,22,29,31H,2-5,8H2,1H3,(H,30,32)(H,33,34)/t13-,22-/m1/s1. The van der Waals surface area contributed by atoms with Crippen LogP contribution in [-0.2, 0) is 28.9 Å². The van der Waals surface area contributed by atoms with Crippen LogP contribution in [-0.4, -0.2) is 39.2 Å². The van der Waals surface area contributed by atoms with E-state index in [1.807, 2.05) is 0 Å². The summed E-state index contributed by atoms with van der Waals surface area (Å²) in [5.41, 5.74) is 2.93. The summed E-state index contributed by atoms with van der Waals surface area (Å²) in [6, 6.07) is 6.67. The van der Waals surface area contributed by atoms with E-state index < -0.39 is 24.0 Å². The molecule has 1 aliphatic rings. The first-order chi connectivity index (χ1) is 17.7. The van der Waals surface area contributed by atoms with E-state index in [2.05, 4.69) is 10.3 Å². The molecule has 37 heavy (non-hydrogen) atoms. The Labute approximate surface area is 216 Å². The highest BCUT2D eigenvalue weighted by Gasteiger charge is 2.26. The maximum atomic E-state index is 12.9. The number of phenols is 1. The Morgan fingerprint density at radius 2 is 1.92 bits per heavy atom. The minimum Gasteiger partial charge on any atom is -0.508 e. The molecule has 2 heterocycles. The molecule has 0 aliphatic heterocycles. The predicted molar refractivity (Wildman–Crippen MR) is 137 cm³/mol. The Balaban J connectivity index is 1.34. The molecule has 0 fully saturated rings. The molecule has 2 aromatic heterocycles. The summed E-state index contributed by atoms with van der Waals surface area (Å²) in [6.45, 7) is 1.47. The summed E-state index contributed by atoms with van der Waals surface area (Å²) in [6.07, 6.45) is 3.89. The predicted octanol–water partition coefficient (Wildman–Crippen LogP) is 4.09. The lowest BCUT2D eigenvalue weighted by Gasteiger charge is -2.20. The Bertz CT molecular complexity index is 1590. The zero-order valence-electron chi connectivity index (χ0n) is 20.0. The quantitative estimate of drug-likeness (QED) is 0.267. The fraction of sp³-hybridized carbons (Fsp3) is 0.296. The van der Waals surface area contributed by atoms with Gasteiger partial charge in [0, 0.05) is 40.5 Å². The van der Waals surface area contributed by atoms with Crippen molar-refractivity contribution in [3.63, 3.8) is 0 Å². The lowest BCUT2D eigenvalue weighted by atomic mass is 9.90. The fourth-order valence-electron chi connectivity index (χ4n) is 4.82. The molecule has 0 bridgehead atoms. The number of fused-ring (bicyclic) bond motifs is 4. The molecule has 4 aromatic rings. The Hall–Kier alpha value is -3.98. The fourth-order valence-corrected chi connectivity index (χ4v) is 5.03. The molecule has 2 aromatic carbocycles. The molecule has 1 aliphatic carbocycles. The lowest BCUT2D eigenvalue weighted by Crippen LogP contribution is -2.47. The topological polar surface area (TPSA) is 142 Å². The van der Waals surface area contributed by atoms with Crippen molar-refractivity contribution in [2.75, 3.05) is 0 Å². The second-order valence-corrected chi connectivity index (χ2v) is 9.65. The van der Waals surface area contributed by atoms with Crippen molar-refractivity contribution < 1.29 is 29.0 Å². The number of aromatic amines is 1. The van der Waals surface area contributed by atoms with Crippen LogP contribution in [0.2, 0.25) is 5.02 Å². The number of phenolic OH excluding ortho intramolecular Hbond substituents is 1. The van der Waals surface area contributed by atoms with Gasteiger partial charge in [0.15, 0.2) is 6.10 Å². The van der Waals surface area contributed by atoms with Crippen LogP contribution < -0.4 is 15.7 Å². The number of hydrogen-bond acceptors (Lipinski definition) is 6. The van der Waals surface area contributed by atoms with E-state index in [1.54, 1.807) is 18.3 Å². The molecule has 10 heteroatoms. The number of ether oxygens (including phenoxy) is 1. The van der Waals surface area contributed by atoms with E-state index in [-0.39, 0.29) is 28.6 Å². The number of carboxylic acid groups (broad SMARTS) is 1. The molecule has 0 saturated carbocycles. The van der Waals surface area contributed by atoms with Crippen LogP contribution in [0.1, 0.15) is 36.5 Å². The van der Waals surface area contributed by atoms with Crippen LogP contribution >= 0.6 is 11.6 Å². The number of H-pyrrole nitrogens is 1. The van der Waals surface area contributed by atoms with Crippen LogP contribution in [0.3, 0.4) is 0 Å². The molecule has 0 radical (unpaired) electrons. The highest BCUT2D eigenvalue weighted by Crippen LogP contribution is 2.34. The smallest absolute Gasteiger partial charge is 0.339 e. The first-order valence-corrected chi connectivity index (χ1v) is 12.4. The average Bonchev–Trinajstić information content (AvgIpc) is 3.26. The maximum absolute atomic E-state index is 12.9. The van der Waals surface area contributed by atoms with Crippen LogP contribution in [0, 0.1) is 0 Å². The van der Waals surface area contributed by atoms with Gasteiger partial charge in [0.25, 0.3) is 5.91 Å². The number of carbonyl (C=O) groups is 2. The molecule has 0 saturated heterocycles. The summed E-state index contributed by atoms with van der Waals surface area (Å²) in [5.74, 6) is -1.67. The van der Waals surface area contributed by atoms with Crippen molar-refractivity contribution in [3.8, 4) is 11.5 Å². The first kappa shape index (κ1) is 24.7. The van der Waals surface area contributed by atoms with Gasteiger partial charge in [0.2, 0.25) is 0 Å². The summed E-state index contributed by atoms with van der Waals surface area (Å²) in [7, 11) is 0. The molecule has 192 valence electrons. The third kappa shape index (κ3) is 4.86. The van der Waals surface area contributed by atoms with E-state index in [9.17, 15) is 24.6 Å². The van der Waals surface area contributed by atoms with Gasteiger partial charge in [-0.25, -0.2) is 9.59 Å². The summed E-state index contributed by atoms with van der Waals surface area (Å²) >= 11 is 6.46. The van der Waals surface area contributed by atoms with Gasteiger partial charge < -0.3 is 29.7 Å². The Morgan fingerprint density at radius 3 is 2.68 bits per heavy atom. The molecular weight excluding hydrogens is 500 g/mol. The molecule has 4 N–H and O–H groups in total. The van der Waals surface area contributed by atoms with Gasteiger partial charge in [-0.05, 0) is 68.0 Å². The van der Waals surface area contributed by atoms with Gasteiger partial charge in [-0.2, -0.15) is 0 Å². The zero-order valence-corrected chi connectivity index (χ0v) is 20.7. The van der Waals surface area contributed by atoms with Gasteiger partial charge in [0.1, 0.15) is 23.1 Å². The Morgan fingerprint density at radius 1 is 1.16 bits per heavy atom. The van der Waals surface area contributed by atoms with E-state index in [0.717, 1.165) is 35.7 Å². The number of aromatic nitrogens is 1. The van der Waals surface area contributed by atoms with E-state index in [4.69, 9.17) is 20.8 Å². The van der Waals surface area contributed by atoms with E-state index >= 15 is 0 Å². The lowest BCUT2D eigenvalue weighted by molar-refractivity contribution is -0.142. The number of carbonyl (C=O) groups excluding carboxylic acids is 1.